The van der Waals surface area contributed by atoms with Crippen LogP contribution in [0.2, 0.25) is 0 Å². The molecule has 0 amide bonds. The molecule has 2 aromatic heterocycles. The van der Waals surface area contributed by atoms with Crippen LogP contribution in [-0.4, -0.2) is 27.9 Å². The molecule has 1 aliphatic carbocycles. The number of aryl methyl sites for hydroxylation is 1. The topological polar surface area (TPSA) is 59.1 Å². The van der Waals surface area contributed by atoms with Gasteiger partial charge >= 0.3 is 0 Å². The second-order valence-electron chi connectivity index (χ2n) is 5.15. The third-order valence-electron chi connectivity index (χ3n) is 3.19. The lowest BCUT2D eigenvalue weighted by molar-refractivity contribution is 0.542. The fourth-order valence-corrected chi connectivity index (χ4v) is 1.98. The minimum absolute atomic E-state index is 0.649. The van der Waals surface area contributed by atoms with Gasteiger partial charge in [-0.2, -0.15) is 10.1 Å². The molecule has 2 aromatic rings. The molecule has 6 heteroatoms. The molecular weight excluding hydrogens is 242 g/mol. The summed E-state index contributed by atoms with van der Waals surface area (Å²) in [5, 5.41) is 7.58. The van der Waals surface area contributed by atoms with Crippen molar-refractivity contribution in [2.75, 3.05) is 11.9 Å². The molecule has 0 radical (unpaired) electrons. The summed E-state index contributed by atoms with van der Waals surface area (Å²) < 4.78 is 7.30. The highest BCUT2D eigenvalue weighted by atomic mass is 16.4. The van der Waals surface area contributed by atoms with E-state index in [0.717, 1.165) is 24.3 Å². The van der Waals surface area contributed by atoms with Crippen LogP contribution in [-0.2, 0) is 20.1 Å². The third kappa shape index (κ3) is 3.14. The number of aromatic nitrogens is 3. The van der Waals surface area contributed by atoms with Crippen molar-refractivity contribution < 1.29 is 4.42 Å². The summed E-state index contributed by atoms with van der Waals surface area (Å²) in [6, 6.07) is 1.34. The molecule has 0 atom stereocenters. The molecule has 0 aliphatic heterocycles. The Labute approximate surface area is 112 Å². The second-order valence-corrected chi connectivity index (χ2v) is 5.15. The lowest BCUT2D eigenvalue weighted by Crippen LogP contribution is -2.18. The van der Waals surface area contributed by atoms with E-state index < -0.39 is 0 Å². The molecule has 0 unspecified atom stereocenters. The summed E-state index contributed by atoms with van der Waals surface area (Å²) in [4.78, 5) is 6.47. The Morgan fingerprint density at radius 3 is 3.05 bits per heavy atom. The summed E-state index contributed by atoms with van der Waals surface area (Å²) in [5.74, 6) is 0. The number of nitrogens with one attached hydrogen (secondary N) is 1. The van der Waals surface area contributed by atoms with Crippen LogP contribution >= 0.6 is 0 Å². The minimum atomic E-state index is 0.649. The maximum Gasteiger partial charge on any atom is 0.297 e. The Kier molecular flexibility index (Phi) is 3.25. The fourth-order valence-electron chi connectivity index (χ4n) is 1.98. The maximum atomic E-state index is 5.51. The van der Waals surface area contributed by atoms with Crippen LogP contribution in [0, 0.1) is 0 Å². The van der Waals surface area contributed by atoms with Gasteiger partial charge in [-0.15, -0.1) is 0 Å². The van der Waals surface area contributed by atoms with Gasteiger partial charge in [0.05, 0.1) is 18.4 Å². The standard InChI is InChI=1S/C13H19N5O/c1-17(7-10-5-15-18(2)8-10)13-16-12(9-19-13)6-14-11-3-4-11/h5,8-9,11,14H,3-4,6-7H2,1-2H3. The monoisotopic (exact) mass is 261 g/mol. The molecule has 1 fully saturated rings. The number of oxazole rings is 1. The van der Waals surface area contributed by atoms with Gasteiger partial charge in [0.15, 0.2) is 0 Å². The molecule has 0 spiro atoms. The Morgan fingerprint density at radius 1 is 1.53 bits per heavy atom. The SMILES string of the molecule is CN(Cc1cnn(C)c1)c1nc(CNC2CC2)co1. The predicted octanol–water partition coefficient (Wildman–Crippen LogP) is 1.30. The molecule has 1 N–H and O–H groups in total. The number of anilines is 1. The second kappa shape index (κ2) is 5.05. The molecule has 19 heavy (non-hydrogen) atoms. The van der Waals surface area contributed by atoms with Crippen LogP contribution in [0.3, 0.4) is 0 Å². The first-order valence-corrected chi connectivity index (χ1v) is 6.57. The average molecular weight is 261 g/mol. The zero-order chi connectivity index (χ0) is 13.2. The number of hydrogen-bond donors (Lipinski definition) is 1. The molecule has 3 rings (SSSR count). The summed E-state index contributed by atoms with van der Waals surface area (Å²) in [6.07, 6.45) is 8.14. The first-order chi connectivity index (χ1) is 9.20. The number of nitrogens with zero attached hydrogens (tertiary/aromatic N) is 4. The van der Waals surface area contributed by atoms with E-state index in [0.29, 0.717) is 12.1 Å². The van der Waals surface area contributed by atoms with E-state index in [1.54, 1.807) is 10.9 Å². The van der Waals surface area contributed by atoms with E-state index in [2.05, 4.69) is 15.4 Å². The van der Waals surface area contributed by atoms with Gasteiger partial charge in [-0.1, -0.05) is 0 Å². The molecule has 102 valence electrons. The lowest BCUT2D eigenvalue weighted by atomic mass is 10.3. The Hall–Kier alpha value is -1.82. The van der Waals surface area contributed by atoms with E-state index in [1.807, 2.05) is 31.4 Å². The molecular formula is C13H19N5O. The van der Waals surface area contributed by atoms with Gasteiger partial charge < -0.3 is 14.6 Å². The highest BCUT2D eigenvalue weighted by molar-refractivity contribution is 5.27. The summed E-state index contributed by atoms with van der Waals surface area (Å²) in [7, 11) is 3.88. The molecule has 0 saturated heterocycles. The molecule has 6 nitrogen and oxygen atoms in total. The smallest absolute Gasteiger partial charge is 0.297 e. The zero-order valence-electron chi connectivity index (χ0n) is 11.3. The summed E-state index contributed by atoms with van der Waals surface area (Å²) in [5.41, 5.74) is 2.10. The Morgan fingerprint density at radius 2 is 2.37 bits per heavy atom. The average Bonchev–Trinajstić information content (AvgIpc) is 2.94. The Bertz CT molecular complexity index is 543. The van der Waals surface area contributed by atoms with Crippen molar-refractivity contribution in [2.45, 2.75) is 32.0 Å². The van der Waals surface area contributed by atoms with Crippen molar-refractivity contribution in [1.82, 2.24) is 20.1 Å². The highest BCUT2D eigenvalue weighted by Crippen LogP contribution is 2.20. The van der Waals surface area contributed by atoms with E-state index in [9.17, 15) is 0 Å². The highest BCUT2D eigenvalue weighted by Gasteiger charge is 2.20. The Balaban J connectivity index is 1.57. The van der Waals surface area contributed by atoms with Crippen molar-refractivity contribution in [1.29, 1.82) is 0 Å². The first kappa shape index (κ1) is 12.2. The third-order valence-corrected chi connectivity index (χ3v) is 3.19. The van der Waals surface area contributed by atoms with Crippen LogP contribution < -0.4 is 10.2 Å². The zero-order valence-corrected chi connectivity index (χ0v) is 11.3. The molecule has 1 saturated carbocycles. The van der Waals surface area contributed by atoms with Crippen LogP contribution in [0.25, 0.3) is 0 Å². The van der Waals surface area contributed by atoms with Gasteiger partial charge in [0.25, 0.3) is 6.01 Å². The first-order valence-electron chi connectivity index (χ1n) is 6.57. The van der Waals surface area contributed by atoms with E-state index in [-0.39, 0.29) is 0 Å². The molecule has 1 aliphatic rings. The predicted molar refractivity (Wildman–Crippen MR) is 71.7 cm³/mol. The van der Waals surface area contributed by atoms with Gasteiger partial charge in [0.1, 0.15) is 6.26 Å². The van der Waals surface area contributed by atoms with Crippen LogP contribution in [0.1, 0.15) is 24.1 Å². The van der Waals surface area contributed by atoms with Crippen LogP contribution in [0.15, 0.2) is 23.1 Å². The fraction of sp³-hybridized carbons (Fsp3) is 0.538. The number of rotatable bonds is 6. The van der Waals surface area contributed by atoms with Crippen molar-refractivity contribution in [3.8, 4) is 0 Å². The largest absolute Gasteiger partial charge is 0.432 e. The molecule has 0 bridgehead atoms. The van der Waals surface area contributed by atoms with Crippen LogP contribution in [0.5, 0.6) is 0 Å². The minimum Gasteiger partial charge on any atom is -0.432 e. The van der Waals surface area contributed by atoms with Gasteiger partial charge in [0, 0.05) is 38.4 Å². The quantitative estimate of drug-likeness (QED) is 0.849. The maximum absolute atomic E-state index is 5.51. The van der Waals surface area contributed by atoms with Crippen molar-refractivity contribution in [3.05, 3.63) is 29.9 Å². The van der Waals surface area contributed by atoms with E-state index in [1.165, 1.54) is 12.8 Å². The van der Waals surface area contributed by atoms with Crippen molar-refractivity contribution in [2.24, 2.45) is 7.05 Å². The summed E-state index contributed by atoms with van der Waals surface area (Å²) >= 11 is 0. The van der Waals surface area contributed by atoms with Gasteiger partial charge in [-0.25, -0.2) is 0 Å². The number of hydrogen-bond acceptors (Lipinski definition) is 5. The lowest BCUT2D eigenvalue weighted by Gasteiger charge is -2.12. The normalized spacial score (nSPS) is 14.8. The van der Waals surface area contributed by atoms with Gasteiger partial charge in [0.2, 0.25) is 0 Å². The molecule has 2 heterocycles. The van der Waals surface area contributed by atoms with Crippen molar-refractivity contribution >= 4 is 6.01 Å². The van der Waals surface area contributed by atoms with Crippen molar-refractivity contribution in [3.63, 3.8) is 0 Å². The summed E-state index contributed by atoms with van der Waals surface area (Å²) in [6.45, 7) is 1.53. The van der Waals surface area contributed by atoms with Gasteiger partial charge in [-0.3, -0.25) is 4.68 Å². The van der Waals surface area contributed by atoms with Gasteiger partial charge in [-0.05, 0) is 12.8 Å². The molecule has 0 aromatic carbocycles. The van der Waals surface area contributed by atoms with E-state index in [4.69, 9.17) is 4.42 Å². The van der Waals surface area contributed by atoms with E-state index >= 15 is 0 Å². The van der Waals surface area contributed by atoms with Crippen LogP contribution in [0.4, 0.5) is 6.01 Å².